The molecule has 0 saturated carbocycles. The second-order valence-electron chi connectivity index (χ2n) is 5.96. The Bertz CT molecular complexity index is 1080. The molecule has 0 radical (unpaired) electrons. The third-order valence-electron chi connectivity index (χ3n) is 3.99. The number of halogens is 1. The normalized spacial score (nSPS) is 11.0. The minimum atomic E-state index is -0.245. The summed E-state index contributed by atoms with van der Waals surface area (Å²) in [5, 5.41) is 0.998. The maximum Gasteiger partial charge on any atom is 0.234 e. The number of pyridine rings is 1. The fourth-order valence-electron chi connectivity index (χ4n) is 2.72. The number of fused-ring (bicyclic) bond motifs is 1. The molecule has 130 valence electrons. The Kier molecular flexibility index (Phi) is 4.35. The molecule has 5 nitrogen and oxygen atoms in total. The van der Waals surface area contributed by atoms with Gasteiger partial charge in [0, 0.05) is 36.4 Å². The number of rotatable bonds is 4. The van der Waals surface area contributed by atoms with Crippen molar-refractivity contribution in [2.75, 3.05) is 0 Å². The molecule has 4 aromatic rings. The SMILES string of the molecule is Cc1cc(F)ccc1-c1cnc2nc(COc3ccc(P)cn3)cn2c1. The molecule has 3 aromatic heterocycles. The average molecular weight is 366 g/mol. The van der Waals surface area contributed by atoms with Crippen molar-refractivity contribution >= 4 is 20.3 Å². The van der Waals surface area contributed by atoms with Crippen LogP contribution in [0.25, 0.3) is 16.9 Å². The van der Waals surface area contributed by atoms with E-state index in [0.29, 0.717) is 18.3 Å². The van der Waals surface area contributed by atoms with E-state index in [0.717, 1.165) is 27.7 Å². The highest BCUT2D eigenvalue weighted by Gasteiger charge is 2.08. The lowest BCUT2D eigenvalue weighted by Gasteiger charge is -2.06. The van der Waals surface area contributed by atoms with Gasteiger partial charge in [-0.25, -0.2) is 19.3 Å². The van der Waals surface area contributed by atoms with Crippen LogP contribution in [0.4, 0.5) is 4.39 Å². The van der Waals surface area contributed by atoms with Crippen LogP contribution in [0.1, 0.15) is 11.3 Å². The van der Waals surface area contributed by atoms with E-state index >= 15 is 0 Å². The molecule has 0 aliphatic carbocycles. The van der Waals surface area contributed by atoms with Crippen molar-refractivity contribution in [1.29, 1.82) is 0 Å². The molecule has 0 saturated heterocycles. The number of hydrogen-bond acceptors (Lipinski definition) is 4. The smallest absolute Gasteiger partial charge is 0.234 e. The molecule has 0 spiro atoms. The van der Waals surface area contributed by atoms with Crippen molar-refractivity contribution in [3.8, 4) is 17.0 Å². The molecule has 0 N–H and O–H groups in total. The summed E-state index contributed by atoms with van der Waals surface area (Å²) in [5.41, 5.74) is 3.45. The molecule has 26 heavy (non-hydrogen) atoms. The zero-order valence-electron chi connectivity index (χ0n) is 14.1. The van der Waals surface area contributed by atoms with Crippen LogP contribution >= 0.6 is 9.24 Å². The second kappa shape index (κ2) is 6.81. The van der Waals surface area contributed by atoms with E-state index in [1.54, 1.807) is 18.5 Å². The summed E-state index contributed by atoms with van der Waals surface area (Å²) in [6.07, 6.45) is 7.27. The Balaban J connectivity index is 1.58. The summed E-state index contributed by atoms with van der Waals surface area (Å²) in [6.45, 7) is 2.18. The van der Waals surface area contributed by atoms with Crippen LogP contribution in [-0.4, -0.2) is 19.4 Å². The number of benzene rings is 1. The lowest BCUT2D eigenvalue weighted by molar-refractivity contribution is 0.290. The van der Waals surface area contributed by atoms with Crippen LogP contribution in [-0.2, 0) is 6.61 Å². The van der Waals surface area contributed by atoms with Gasteiger partial charge in [-0.1, -0.05) is 6.07 Å². The maximum atomic E-state index is 13.3. The summed E-state index contributed by atoms with van der Waals surface area (Å²) < 4.78 is 20.8. The number of hydrogen-bond donors (Lipinski definition) is 0. The third-order valence-corrected chi connectivity index (χ3v) is 4.33. The molecule has 4 rings (SSSR count). The van der Waals surface area contributed by atoms with E-state index in [4.69, 9.17) is 4.74 Å². The second-order valence-corrected chi connectivity index (χ2v) is 6.63. The molecular formula is C19H16FN4OP. The van der Waals surface area contributed by atoms with Crippen LogP contribution in [0.5, 0.6) is 5.88 Å². The summed E-state index contributed by atoms with van der Waals surface area (Å²) in [7, 11) is 2.58. The highest BCUT2D eigenvalue weighted by molar-refractivity contribution is 7.27. The van der Waals surface area contributed by atoms with Gasteiger partial charge in [0.1, 0.15) is 12.4 Å². The maximum absolute atomic E-state index is 13.3. The minimum absolute atomic E-state index is 0.245. The largest absolute Gasteiger partial charge is 0.471 e. The van der Waals surface area contributed by atoms with Gasteiger partial charge in [0.15, 0.2) is 0 Å². The predicted octanol–water partition coefficient (Wildman–Crippen LogP) is 3.32. The topological polar surface area (TPSA) is 52.3 Å². The van der Waals surface area contributed by atoms with Gasteiger partial charge in [0.25, 0.3) is 0 Å². The van der Waals surface area contributed by atoms with Gasteiger partial charge < -0.3 is 4.74 Å². The van der Waals surface area contributed by atoms with Crippen molar-refractivity contribution in [3.63, 3.8) is 0 Å². The Morgan fingerprint density at radius 1 is 1.12 bits per heavy atom. The first-order valence-corrected chi connectivity index (χ1v) is 8.61. The van der Waals surface area contributed by atoms with Gasteiger partial charge in [-0.3, -0.25) is 4.40 Å². The van der Waals surface area contributed by atoms with E-state index in [2.05, 4.69) is 24.2 Å². The zero-order valence-corrected chi connectivity index (χ0v) is 15.2. The van der Waals surface area contributed by atoms with Crippen LogP contribution in [0, 0.1) is 12.7 Å². The van der Waals surface area contributed by atoms with Gasteiger partial charge in [0.2, 0.25) is 11.7 Å². The molecule has 0 aliphatic heterocycles. The number of aryl methyl sites for hydroxylation is 1. The lowest BCUT2D eigenvalue weighted by atomic mass is 10.0. The quantitative estimate of drug-likeness (QED) is 0.520. The molecule has 0 bridgehead atoms. The summed E-state index contributed by atoms with van der Waals surface area (Å²) in [4.78, 5) is 13.0. The van der Waals surface area contributed by atoms with Crippen molar-refractivity contribution in [3.05, 3.63) is 72.2 Å². The van der Waals surface area contributed by atoms with Crippen molar-refractivity contribution in [2.45, 2.75) is 13.5 Å². The Morgan fingerprint density at radius 3 is 2.77 bits per heavy atom. The van der Waals surface area contributed by atoms with Gasteiger partial charge in [-0.05, 0) is 41.6 Å². The molecule has 7 heteroatoms. The number of nitrogens with zero attached hydrogens (tertiary/aromatic N) is 4. The highest BCUT2D eigenvalue weighted by Crippen LogP contribution is 2.23. The number of aromatic nitrogens is 4. The Hall–Kier alpha value is -2.85. The van der Waals surface area contributed by atoms with Crippen molar-refractivity contribution < 1.29 is 9.13 Å². The van der Waals surface area contributed by atoms with E-state index in [1.165, 1.54) is 12.1 Å². The average Bonchev–Trinajstić information content (AvgIpc) is 3.03. The summed E-state index contributed by atoms with van der Waals surface area (Å²) >= 11 is 0. The standard InChI is InChI=1S/C19H16FN4OP/c1-12-6-14(20)2-4-17(12)13-7-22-19-23-15(10-24(19)9-13)11-25-18-5-3-16(26)8-21-18/h2-10H,11,26H2,1H3. The van der Waals surface area contributed by atoms with Crippen LogP contribution < -0.4 is 10.0 Å². The first-order valence-electron chi connectivity index (χ1n) is 8.03. The van der Waals surface area contributed by atoms with Gasteiger partial charge >= 0.3 is 0 Å². The van der Waals surface area contributed by atoms with E-state index in [1.807, 2.05) is 35.9 Å². The first kappa shape index (κ1) is 16.6. The predicted molar refractivity (Wildman–Crippen MR) is 101 cm³/mol. The molecule has 0 aliphatic rings. The number of imidazole rings is 1. The van der Waals surface area contributed by atoms with Crippen molar-refractivity contribution in [2.24, 2.45) is 0 Å². The van der Waals surface area contributed by atoms with E-state index < -0.39 is 0 Å². The molecule has 3 heterocycles. The fourth-order valence-corrected chi connectivity index (χ4v) is 2.89. The minimum Gasteiger partial charge on any atom is -0.471 e. The molecular weight excluding hydrogens is 350 g/mol. The van der Waals surface area contributed by atoms with Crippen molar-refractivity contribution in [1.82, 2.24) is 19.4 Å². The summed E-state index contributed by atoms with van der Waals surface area (Å²) in [5.74, 6) is 0.884. The Morgan fingerprint density at radius 2 is 2.00 bits per heavy atom. The van der Waals surface area contributed by atoms with Crippen LogP contribution in [0.15, 0.2) is 55.1 Å². The molecule has 1 unspecified atom stereocenters. The molecule has 0 amide bonds. The molecule has 0 fully saturated rings. The van der Waals surface area contributed by atoms with Gasteiger partial charge in [0.05, 0.1) is 5.69 Å². The third kappa shape index (κ3) is 3.41. The van der Waals surface area contributed by atoms with Crippen LogP contribution in [0.3, 0.4) is 0 Å². The van der Waals surface area contributed by atoms with Gasteiger partial charge in [-0.2, -0.15) is 0 Å². The Labute approximate surface area is 152 Å². The fraction of sp³-hybridized carbons (Fsp3) is 0.105. The van der Waals surface area contributed by atoms with Gasteiger partial charge in [-0.15, -0.1) is 9.24 Å². The monoisotopic (exact) mass is 366 g/mol. The first-order chi connectivity index (χ1) is 12.6. The molecule has 1 atom stereocenters. The molecule has 1 aromatic carbocycles. The summed E-state index contributed by atoms with van der Waals surface area (Å²) in [6, 6.07) is 8.45. The van der Waals surface area contributed by atoms with E-state index in [-0.39, 0.29) is 5.82 Å². The van der Waals surface area contributed by atoms with Crippen LogP contribution in [0.2, 0.25) is 0 Å². The zero-order chi connectivity index (χ0) is 18.1. The van der Waals surface area contributed by atoms with E-state index in [9.17, 15) is 4.39 Å². The highest BCUT2D eigenvalue weighted by atomic mass is 31.0. The number of ether oxygens (including phenoxy) is 1. The lowest BCUT2D eigenvalue weighted by Crippen LogP contribution is -1.99.